The Morgan fingerprint density at radius 1 is 1.08 bits per heavy atom. The molecular formula is C17H27N3O3S. The van der Waals surface area contributed by atoms with Gasteiger partial charge in [0.25, 0.3) is 0 Å². The molecule has 1 fully saturated rings. The number of carbonyl (C=O) groups is 1. The number of likely N-dealkylation sites (N-methyl/N-ethyl adjacent to an activating group) is 1. The van der Waals surface area contributed by atoms with Gasteiger partial charge in [0.15, 0.2) is 0 Å². The Morgan fingerprint density at radius 2 is 1.62 bits per heavy atom. The van der Waals surface area contributed by atoms with Crippen molar-refractivity contribution in [1.29, 1.82) is 0 Å². The molecule has 134 valence electrons. The minimum atomic E-state index is -3.43. The molecule has 24 heavy (non-hydrogen) atoms. The fourth-order valence-corrected chi connectivity index (χ4v) is 3.90. The van der Waals surface area contributed by atoms with E-state index in [9.17, 15) is 13.2 Å². The third-order valence-corrected chi connectivity index (χ3v) is 5.47. The molecule has 1 saturated heterocycles. The molecule has 0 aromatic heterocycles. The molecule has 1 aliphatic heterocycles. The third kappa shape index (κ3) is 4.95. The topological polar surface area (TPSA) is 60.9 Å². The predicted molar refractivity (Wildman–Crippen MR) is 96.8 cm³/mol. The van der Waals surface area contributed by atoms with E-state index in [0.717, 1.165) is 24.2 Å². The fourth-order valence-electron chi connectivity index (χ4n) is 2.99. The number of rotatable bonds is 5. The van der Waals surface area contributed by atoms with Gasteiger partial charge in [0.05, 0.1) is 11.9 Å². The molecule has 0 radical (unpaired) electrons. The lowest BCUT2D eigenvalue weighted by molar-refractivity contribution is -0.132. The maximum atomic E-state index is 12.4. The number of anilines is 1. The minimum absolute atomic E-state index is 0.0149. The Balaban J connectivity index is 2.09. The number of piperazine rings is 1. The molecule has 1 aromatic rings. The summed E-state index contributed by atoms with van der Waals surface area (Å²) in [6, 6.07) is 5.68. The highest BCUT2D eigenvalue weighted by molar-refractivity contribution is 7.92. The zero-order valence-corrected chi connectivity index (χ0v) is 15.8. The second-order valence-corrected chi connectivity index (χ2v) is 8.52. The van der Waals surface area contributed by atoms with Crippen LogP contribution in [0.3, 0.4) is 0 Å². The summed E-state index contributed by atoms with van der Waals surface area (Å²) in [7, 11) is -1.40. The number of nitrogens with zero attached hydrogens (tertiary/aromatic N) is 3. The second kappa shape index (κ2) is 7.53. The van der Waals surface area contributed by atoms with Crippen LogP contribution in [-0.4, -0.2) is 70.2 Å². The molecule has 6 nitrogen and oxygen atoms in total. The molecule has 1 amide bonds. The van der Waals surface area contributed by atoms with Crippen molar-refractivity contribution >= 4 is 21.6 Å². The lowest BCUT2D eigenvalue weighted by atomic mass is 10.1. The van der Waals surface area contributed by atoms with Crippen LogP contribution in [0.25, 0.3) is 0 Å². The molecule has 0 saturated carbocycles. The molecule has 1 heterocycles. The van der Waals surface area contributed by atoms with Gasteiger partial charge in [-0.2, -0.15) is 0 Å². The van der Waals surface area contributed by atoms with Gasteiger partial charge in [-0.25, -0.2) is 8.42 Å². The van der Waals surface area contributed by atoms with Gasteiger partial charge in [0.2, 0.25) is 15.9 Å². The van der Waals surface area contributed by atoms with Gasteiger partial charge in [-0.3, -0.25) is 9.10 Å². The van der Waals surface area contributed by atoms with Gasteiger partial charge in [0, 0.05) is 39.1 Å². The number of carbonyl (C=O) groups excluding carboxylic acids is 1. The molecule has 0 spiro atoms. The van der Waals surface area contributed by atoms with Crippen molar-refractivity contribution in [1.82, 2.24) is 9.80 Å². The average Bonchev–Trinajstić information content (AvgIpc) is 2.45. The molecule has 2 rings (SSSR count). The predicted octanol–water partition coefficient (Wildman–Crippen LogP) is 1.23. The average molecular weight is 353 g/mol. The van der Waals surface area contributed by atoms with Crippen LogP contribution < -0.4 is 4.31 Å². The summed E-state index contributed by atoms with van der Waals surface area (Å²) in [5, 5.41) is 0. The summed E-state index contributed by atoms with van der Waals surface area (Å²) in [5.74, 6) is 0.0149. The maximum absolute atomic E-state index is 12.4. The van der Waals surface area contributed by atoms with Gasteiger partial charge in [0.1, 0.15) is 0 Å². The Morgan fingerprint density at radius 3 is 2.12 bits per heavy atom. The molecule has 0 atom stereocenters. The monoisotopic (exact) mass is 353 g/mol. The van der Waals surface area contributed by atoms with Crippen molar-refractivity contribution < 1.29 is 13.2 Å². The third-order valence-electron chi connectivity index (χ3n) is 4.28. The van der Waals surface area contributed by atoms with Crippen LogP contribution in [0.15, 0.2) is 18.2 Å². The van der Waals surface area contributed by atoms with E-state index >= 15 is 0 Å². The van der Waals surface area contributed by atoms with Gasteiger partial charge in [-0.05, 0) is 44.2 Å². The van der Waals surface area contributed by atoms with Crippen LogP contribution in [0, 0.1) is 13.8 Å². The number of sulfonamides is 1. The maximum Gasteiger partial charge on any atom is 0.232 e. The molecular weight excluding hydrogens is 326 g/mol. The molecule has 1 aromatic carbocycles. The highest BCUT2D eigenvalue weighted by atomic mass is 32.2. The second-order valence-electron chi connectivity index (χ2n) is 6.62. The van der Waals surface area contributed by atoms with E-state index in [1.54, 1.807) is 0 Å². The number of aryl methyl sites for hydroxylation is 2. The summed E-state index contributed by atoms with van der Waals surface area (Å²) < 4.78 is 25.7. The minimum Gasteiger partial charge on any atom is -0.340 e. The van der Waals surface area contributed by atoms with E-state index < -0.39 is 10.0 Å². The Labute approximate surface area is 145 Å². The zero-order valence-electron chi connectivity index (χ0n) is 14.9. The van der Waals surface area contributed by atoms with Crippen LogP contribution in [0.1, 0.15) is 17.5 Å². The summed E-state index contributed by atoms with van der Waals surface area (Å²) in [6.45, 7) is 7.18. The largest absolute Gasteiger partial charge is 0.340 e. The lowest BCUT2D eigenvalue weighted by Crippen LogP contribution is -2.48. The Kier molecular flexibility index (Phi) is 5.87. The molecule has 0 aliphatic carbocycles. The number of hydrogen-bond acceptors (Lipinski definition) is 4. The summed E-state index contributed by atoms with van der Waals surface area (Å²) in [5.41, 5.74) is 2.63. The van der Waals surface area contributed by atoms with Gasteiger partial charge in [-0.15, -0.1) is 0 Å². The molecule has 7 heteroatoms. The first-order valence-electron chi connectivity index (χ1n) is 8.19. The molecule has 0 N–H and O–H groups in total. The summed E-state index contributed by atoms with van der Waals surface area (Å²) in [6.07, 6.45) is 1.38. The zero-order chi connectivity index (χ0) is 17.9. The van der Waals surface area contributed by atoms with Crippen molar-refractivity contribution in [3.63, 3.8) is 0 Å². The van der Waals surface area contributed by atoms with E-state index in [1.807, 2.05) is 44.0 Å². The van der Waals surface area contributed by atoms with Gasteiger partial charge < -0.3 is 9.80 Å². The van der Waals surface area contributed by atoms with Crippen molar-refractivity contribution in [3.8, 4) is 0 Å². The van der Waals surface area contributed by atoms with Gasteiger partial charge in [-0.1, -0.05) is 6.07 Å². The van der Waals surface area contributed by atoms with E-state index in [0.29, 0.717) is 18.8 Å². The van der Waals surface area contributed by atoms with E-state index in [1.165, 1.54) is 10.6 Å². The normalized spacial score (nSPS) is 16.2. The van der Waals surface area contributed by atoms with Crippen LogP contribution in [0.5, 0.6) is 0 Å². The Bertz CT molecular complexity index is 675. The van der Waals surface area contributed by atoms with Crippen molar-refractivity contribution in [2.24, 2.45) is 0 Å². The van der Waals surface area contributed by atoms with Crippen LogP contribution >= 0.6 is 0 Å². The smallest absolute Gasteiger partial charge is 0.232 e. The Hall–Kier alpha value is -1.60. The van der Waals surface area contributed by atoms with Crippen LogP contribution in [-0.2, 0) is 14.8 Å². The number of benzene rings is 1. The lowest BCUT2D eigenvalue weighted by Gasteiger charge is -2.33. The standard InChI is InChI=1S/C17H27N3O3S/c1-14-11-15(2)13-16(12-14)20(24(4,22)23)6-5-17(21)19-9-7-18(3)8-10-19/h11-13H,5-10H2,1-4H3. The quantitative estimate of drug-likeness (QED) is 0.799. The van der Waals surface area contributed by atoms with Crippen LogP contribution in [0.2, 0.25) is 0 Å². The highest BCUT2D eigenvalue weighted by Crippen LogP contribution is 2.21. The van der Waals surface area contributed by atoms with Crippen LogP contribution in [0.4, 0.5) is 5.69 Å². The van der Waals surface area contributed by atoms with E-state index in [2.05, 4.69) is 4.90 Å². The number of hydrogen-bond donors (Lipinski definition) is 0. The molecule has 0 unspecified atom stereocenters. The SMILES string of the molecule is Cc1cc(C)cc(N(CCC(=O)N2CCN(C)CC2)S(C)(=O)=O)c1. The molecule has 1 aliphatic rings. The first-order chi connectivity index (χ1) is 11.2. The highest BCUT2D eigenvalue weighted by Gasteiger charge is 2.23. The van der Waals surface area contributed by atoms with Crippen molar-refractivity contribution in [2.75, 3.05) is 50.3 Å². The summed E-state index contributed by atoms with van der Waals surface area (Å²) in [4.78, 5) is 16.4. The van der Waals surface area contributed by atoms with Gasteiger partial charge >= 0.3 is 0 Å². The summed E-state index contributed by atoms with van der Waals surface area (Å²) >= 11 is 0. The van der Waals surface area contributed by atoms with E-state index in [4.69, 9.17) is 0 Å². The molecule has 0 bridgehead atoms. The van der Waals surface area contributed by atoms with Crippen molar-refractivity contribution in [3.05, 3.63) is 29.3 Å². The van der Waals surface area contributed by atoms with E-state index in [-0.39, 0.29) is 18.9 Å². The fraction of sp³-hybridized carbons (Fsp3) is 0.588. The number of amides is 1. The van der Waals surface area contributed by atoms with Crippen molar-refractivity contribution in [2.45, 2.75) is 20.3 Å². The first-order valence-corrected chi connectivity index (χ1v) is 10.0. The first kappa shape index (κ1) is 18.7.